The van der Waals surface area contributed by atoms with Crippen LogP contribution in [0.2, 0.25) is 0 Å². The van der Waals surface area contributed by atoms with Crippen molar-refractivity contribution in [3.8, 4) is 5.75 Å². The van der Waals surface area contributed by atoms with Gasteiger partial charge in [0.2, 0.25) is 5.43 Å². The molecule has 1 aliphatic carbocycles. The summed E-state index contributed by atoms with van der Waals surface area (Å²) in [5.74, 6) is -0.937. The number of aromatic nitrogens is 1. The van der Waals surface area contributed by atoms with Gasteiger partial charge in [-0.1, -0.05) is 43.7 Å². The molecule has 1 amide bonds. The van der Waals surface area contributed by atoms with Crippen molar-refractivity contribution in [2.24, 2.45) is 5.41 Å². The van der Waals surface area contributed by atoms with Crippen LogP contribution in [-0.2, 0) is 17.9 Å². The largest absolute Gasteiger partial charge is 0.483 e. The quantitative estimate of drug-likeness (QED) is 0.672. The summed E-state index contributed by atoms with van der Waals surface area (Å²) in [5.41, 5.74) is 0.245. The molecule has 2 bridgehead atoms. The molecule has 3 aliphatic rings. The lowest BCUT2D eigenvalue weighted by atomic mass is 9.71. The molecule has 2 fully saturated rings. The summed E-state index contributed by atoms with van der Waals surface area (Å²) in [6.45, 7) is 5.48. The lowest BCUT2D eigenvalue weighted by Crippen LogP contribution is -2.55. The van der Waals surface area contributed by atoms with Gasteiger partial charge in [-0.2, -0.15) is 0 Å². The molecule has 5 rings (SSSR count). The molecule has 1 aromatic carbocycles. The molecule has 2 aromatic rings. The third-order valence-corrected chi connectivity index (χ3v) is 7.16. The van der Waals surface area contributed by atoms with E-state index in [4.69, 9.17) is 9.47 Å². The van der Waals surface area contributed by atoms with E-state index in [-0.39, 0.29) is 47.1 Å². The lowest BCUT2D eigenvalue weighted by molar-refractivity contribution is 0.0405. The van der Waals surface area contributed by atoms with Crippen LogP contribution in [0.25, 0.3) is 0 Å². The van der Waals surface area contributed by atoms with Gasteiger partial charge in [-0.25, -0.2) is 4.79 Å². The van der Waals surface area contributed by atoms with Gasteiger partial charge in [0.05, 0.1) is 12.1 Å². The molecule has 32 heavy (non-hydrogen) atoms. The molecule has 2 aliphatic heterocycles. The fourth-order valence-electron chi connectivity index (χ4n) is 5.88. The van der Waals surface area contributed by atoms with Gasteiger partial charge in [-0.3, -0.25) is 9.59 Å². The van der Waals surface area contributed by atoms with Gasteiger partial charge >= 0.3 is 5.97 Å². The first-order valence-electron chi connectivity index (χ1n) is 11.3. The highest BCUT2D eigenvalue weighted by Gasteiger charge is 2.58. The molecule has 0 N–H and O–H groups in total. The molecular weight excluding hydrogens is 408 g/mol. The Hall–Kier alpha value is -3.09. The Morgan fingerprint density at radius 3 is 2.66 bits per heavy atom. The Morgan fingerprint density at radius 2 is 1.91 bits per heavy atom. The van der Waals surface area contributed by atoms with Crippen molar-refractivity contribution in [3.05, 3.63) is 63.6 Å². The summed E-state index contributed by atoms with van der Waals surface area (Å²) in [6.07, 6.45) is 5.52. The topological polar surface area (TPSA) is 77.8 Å². The fourth-order valence-corrected chi connectivity index (χ4v) is 5.88. The highest BCUT2D eigenvalue weighted by molar-refractivity contribution is 5.98. The van der Waals surface area contributed by atoms with Gasteiger partial charge in [0.15, 0.2) is 11.4 Å². The van der Waals surface area contributed by atoms with Gasteiger partial charge in [0, 0.05) is 19.3 Å². The average molecular weight is 437 g/mol. The number of nitrogens with zero attached hydrogens (tertiary/aromatic N) is 2. The zero-order valence-corrected chi connectivity index (χ0v) is 18.6. The molecule has 0 radical (unpaired) electrons. The second kappa shape index (κ2) is 7.50. The van der Waals surface area contributed by atoms with Crippen molar-refractivity contribution in [2.45, 2.75) is 58.2 Å². The van der Waals surface area contributed by atoms with E-state index in [1.54, 1.807) is 11.5 Å². The SMILES string of the molecule is CCOC(=O)c1cn2c(c(OCc3ccccc3)c1=O)C(=O)N1CC3(C)CCCC1(C2)C3. The van der Waals surface area contributed by atoms with Crippen LogP contribution in [0.5, 0.6) is 5.75 Å². The molecule has 1 aromatic heterocycles. The van der Waals surface area contributed by atoms with Gasteiger partial charge in [0.25, 0.3) is 5.91 Å². The average Bonchev–Trinajstić information content (AvgIpc) is 2.98. The minimum absolute atomic E-state index is 0.0640. The van der Waals surface area contributed by atoms with Crippen LogP contribution in [-0.4, -0.2) is 40.0 Å². The van der Waals surface area contributed by atoms with E-state index >= 15 is 0 Å². The minimum atomic E-state index is -0.690. The Kier molecular flexibility index (Phi) is 4.87. The van der Waals surface area contributed by atoms with E-state index in [0.29, 0.717) is 13.1 Å². The predicted molar refractivity (Wildman–Crippen MR) is 118 cm³/mol. The van der Waals surface area contributed by atoms with E-state index < -0.39 is 11.4 Å². The highest BCUT2D eigenvalue weighted by Crippen LogP contribution is 2.54. The summed E-state index contributed by atoms with van der Waals surface area (Å²) in [6, 6.07) is 9.45. The number of rotatable bonds is 5. The first-order valence-corrected chi connectivity index (χ1v) is 11.3. The highest BCUT2D eigenvalue weighted by atomic mass is 16.5. The molecule has 3 heterocycles. The third kappa shape index (κ3) is 3.22. The second-order valence-electron chi connectivity index (χ2n) is 9.63. The molecule has 1 saturated heterocycles. The standard InChI is InChI=1S/C25H28N2O5/c1-3-31-23(30)18-12-26-16-25-11-7-10-24(2,14-25)15-27(25)22(29)19(26)21(20(18)28)32-13-17-8-5-4-6-9-17/h4-6,8-9,12H,3,7,10-11,13-16H2,1-2H3. The maximum atomic E-state index is 13.7. The number of pyridine rings is 1. The van der Waals surface area contributed by atoms with Crippen molar-refractivity contribution in [3.63, 3.8) is 0 Å². The molecule has 1 spiro atoms. The van der Waals surface area contributed by atoms with Gasteiger partial charge in [-0.05, 0) is 37.2 Å². The number of hydrogen-bond donors (Lipinski definition) is 0. The minimum Gasteiger partial charge on any atom is -0.483 e. The van der Waals surface area contributed by atoms with Crippen LogP contribution >= 0.6 is 0 Å². The number of benzene rings is 1. The second-order valence-corrected chi connectivity index (χ2v) is 9.63. The number of carbonyl (C=O) groups is 2. The van der Waals surface area contributed by atoms with Crippen molar-refractivity contribution < 1.29 is 19.1 Å². The van der Waals surface area contributed by atoms with Crippen molar-refractivity contribution in [1.82, 2.24) is 9.47 Å². The van der Waals surface area contributed by atoms with Crippen LogP contribution in [0.15, 0.2) is 41.3 Å². The Labute approximate surface area is 186 Å². The Morgan fingerprint density at radius 1 is 1.12 bits per heavy atom. The normalized spacial score (nSPS) is 25.8. The molecule has 168 valence electrons. The summed E-state index contributed by atoms with van der Waals surface area (Å²) in [5, 5.41) is 0. The number of amides is 1. The number of hydrogen-bond acceptors (Lipinski definition) is 5. The maximum absolute atomic E-state index is 13.7. The number of carbonyl (C=O) groups excluding carboxylic acids is 2. The Balaban J connectivity index is 1.61. The smallest absolute Gasteiger partial charge is 0.343 e. The zero-order chi connectivity index (χ0) is 22.5. The molecule has 2 atom stereocenters. The van der Waals surface area contributed by atoms with Crippen LogP contribution in [0.3, 0.4) is 0 Å². The summed E-state index contributed by atoms with van der Waals surface area (Å²) < 4.78 is 12.8. The summed E-state index contributed by atoms with van der Waals surface area (Å²) >= 11 is 0. The van der Waals surface area contributed by atoms with Crippen LogP contribution < -0.4 is 10.2 Å². The predicted octanol–water partition coefficient (Wildman–Crippen LogP) is 3.39. The van der Waals surface area contributed by atoms with E-state index in [2.05, 4.69) is 6.92 Å². The summed E-state index contributed by atoms with van der Waals surface area (Å²) in [7, 11) is 0. The van der Waals surface area contributed by atoms with E-state index in [1.807, 2.05) is 35.2 Å². The fraction of sp³-hybridized carbons (Fsp3) is 0.480. The van der Waals surface area contributed by atoms with Crippen LogP contribution in [0, 0.1) is 5.41 Å². The van der Waals surface area contributed by atoms with Gasteiger partial charge < -0.3 is 18.9 Å². The van der Waals surface area contributed by atoms with Gasteiger partial charge in [-0.15, -0.1) is 0 Å². The molecule has 2 unspecified atom stereocenters. The van der Waals surface area contributed by atoms with Crippen molar-refractivity contribution in [2.75, 3.05) is 13.2 Å². The first kappa shape index (κ1) is 20.8. The van der Waals surface area contributed by atoms with Crippen LogP contribution in [0.4, 0.5) is 0 Å². The van der Waals surface area contributed by atoms with Crippen molar-refractivity contribution >= 4 is 11.9 Å². The van der Waals surface area contributed by atoms with Gasteiger partial charge in [0.1, 0.15) is 12.2 Å². The number of esters is 1. The molecule has 7 heteroatoms. The lowest BCUT2D eigenvalue weighted by Gasteiger charge is -2.45. The zero-order valence-electron chi connectivity index (χ0n) is 18.6. The molecule has 7 nitrogen and oxygen atoms in total. The number of ether oxygens (including phenoxy) is 2. The summed E-state index contributed by atoms with van der Waals surface area (Å²) in [4.78, 5) is 41.6. The van der Waals surface area contributed by atoms with Crippen LogP contribution in [0.1, 0.15) is 65.9 Å². The first-order chi connectivity index (χ1) is 15.4. The number of fused-ring (bicyclic) bond motifs is 2. The van der Waals surface area contributed by atoms with E-state index in [9.17, 15) is 14.4 Å². The maximum Gasteiger partial charge on any atom is 0.343 e. The van der Waals surface area contributed by atoms with E-state index in [1.165, 1.54) is 6.20 Å². The van der Waals surface area contributed by atoms with E-state index in [0.717, 1.165) is 31.2 Å². The molecule has 1 saturated carbocycles. The molecular formula is C25H28N2O5. The Bertz CT molecular complexity index is 1140. The third-order valence-electron chi connectivity index (χ3n) is 7.16. The monoisotopic (exact) mass is 436 g/mol. The van der Waals surface area contributed by atoms with Crippen molar-refractivity contribution in [1.29, 1.82) is 0 Å².